The fourth-order valence-electron chi connectivity index (χ4n) is 4.08. The number of hydrogen-bond donors (Lipinski definition) is 2. The van der Waals surface area contributed by atoms with E-state index < -0.39 is 29.5 Å². The Balaban J connectivity index is 1.32. The number of nitrogens with one attached hydrogen (secondary N) is 2. The molecule has 0 saturated carbocycles. The van der Waals surface area contributed by atoms with Crippen molar-refractivity contribution in [3.8, 4) is 0 Å². The summed E-state index contributed by atoms with van der Waals surface area (Å²) >= 11 is 0. The van der Waals surface area contributed by atoms with E-state index in [0.29, 0.717) is 25.1 Å². The number of likely N-dealkylation sites (tertiary alicyclic amines) is 1. The number of alkyl halides is 3. The minimum Gasteiger partial charge on any atom is -0.530 e. The molecule has 2 atom stereocenters. The zero-order chi connectivity index (χ0) is 22.2. The molecule has 2 aromatic carbocycles. The van der Waals surface area contributed by atoms with E-state index in [2.05, 4.69) is 10.6 Å². The summed E-state index contributed by atoms with van der Waals surface area (Å²) in [6, 6.07) is 10.4. The normalized spacial score (nSPS) is 22.4. The number of nitrogens with zero attached hydrogens (tertiary/aromatic N) is 1. The van der Waals surface area contributed by atoms with Gasteiger partial charge in [-0.15, -0.1) is 0 Å². The molecule has 10 heteroatoms. The number of anilines is 2. The van der Waals surface area contributed by atoms with E-state index in [9.17, 15) is 27.9 Å². The Labute approximate surface area is 175 Å². The van der Waals surface area contributed by atoms with Crippen molar-refractivity contribution in [1.82, 2.24) is 4.90 Å². The SMILES string of the molecule is O=C(Nc1ccc(CC23CC(CO2)N(C(=O)[O-])C3)cc1)Nc1ccc(C(F)(F)F)cc1. The summed E-state index contributed by atoms with van der Waals surface area (Å²) in [5.74, 6) is 0. The molecule has 2 bridgehead atoms. The number of rotatable bonds is 4. The molecule has 2 unspecified atom stereocenters. The predicted octanol–water partition coefficient (Wildman–Crippen LogP) is 3.08. The number of benzene rings is 2. The number of amides is 3. The van der Waals surface area contributed by atoms with Gasteiger partial charge in [-0.3, -0.25) is 0 Å². The number of carboxylic acid groups (broad SMARTS) is 1. The Bertz CT molecular complexity index is 979. The minimum absolute atomic E-state index is 0.167. The third kappa shape index (κ3) is 4.58. The van der Waals surface area contributed by atoms with Gasteiger partial charge < -0.3 is 30.2 Å². The highest BCUT2D eigenvalue weighted by Gasteiger charge is 2.50. The van der Waals surface area contributed by atoms with Crippen LogP contribution in [0.15, 0.2) is 48.5 Å². The van der Waals surface area contributed by atoms with E-state index in [1.807, 2.05) is 0 Å². The van der Waals surface area contributed by atoms with Gasteiger partial charge in [0.05, 0.1) is 23.8 Å². The highest BCUT2D eigenvalue weighted by atomic mass is 19.4. The number of morpholine rings is 1. The lowest BCUT2D eigenvalue weighted by Crippen LogP contribution is -2.51. The van der Waals surface area contributed by atoms with Gasteiger partial charge >= 0.3 is 12.2 Å². The predicted molar refractivity (Wildman–Crippen MR) is 103 cm³/mol. The fraction of sp³-hybridized carbons (Fsp3) is 0.333. The van der Waals surface area contributed by atoms with Crippen LogP contribution in [0.2, 0.25) is 0 Å². The molecule has 0 aliphatic carbocycles. The maximum atomic E-state index is 12.6. The van der Waals surface area contributed by atoms with Gasteiger partial charge in [-0.2, -0.15) is 13.2 Å². The number of halogens is 3. The average molecular weight is 434 g/mol. The molecular formula is C21H19F3N3O4-. The Morgan fingerprint density at radius 2 is 1.65 bits per heavy atom. The molecule has 2 aliphatic rings. The molecule has 2 aliphatic heterocycles. The standard InChI is InChI=1S/C21H20F3N3O4/c22-21(23,24)14-3-7-16(8-4-14)26-18(28)25-15-5-1-13(2-6-15)9-20-10-17(11-31-20)27(12-20)19(29)30/h1-8,17H,9-12H2,(H,29,30)(H2,25,26,28)/p-1. The molecule has 3 amide bonds. The fourth-order valence-corrected chi connectivity index (χ4v) is 4.08. The van der Waals surface area contributed by atoms with Gasteiger partial charge in [-0.05, 0) is 42.0 Å². The van der Waals surface area contributed by atoms with Crippen molar-refractivity contribution in [2.24, 2.45) is 0 Å². The molecule has 0 aromatic heterocycles. The van der Waals surface area contributed by atoms with Gasteiger partial charge in [-0.1, -0.05) is 12.1 Å². The summed E-state index contributed by atoms with van der Waals surface area (Å²) < 4.78 is 43.6. The number of hydrogen-bond acceptors (Lipinski definition) is 4. The lowest BCUT2D eigenvalue weighted by molar-refractivity contribution is -0.270. The van der Waals surface area contributed by atoms with Crippen molar-refractivity contribution in [3.05, 3.63) is 59.7 Å². The van der Waals surface area contributed by atoms with Gasteiger partial charge in [0.1, 0.15) is 6.09 Å². The van der Waals surface area contributed by atoms with Crippen molar-refractivity contribution in [3.63, 3.8) is 0 Å². The number of urea groups is 1. The number of carbonyl (C=O) groups excluding carboxylic acids is 2. The first-order valence-corrected chi connectivity index (χ1v) is 9.59. The molecule has 2 N–H and O–H groups in total. The van der Waals surface area contributed by atoms with Crippen LogP contribution in [0.5, 0.6) is 0 Å². The first kappa shape index (κ1) is 21.0. The maximum Gasteiger partial charge on any atom is 0.416 e. The van der Waals surface area contributed by atoms with Gasteiger partial charge in [0.15, 0.2) is 0 Å². The van der Waals surface area contributed by atoms with Crippen LogP contribution < -0.4 is 15.7 Å². The van der Waals surface area contributed by atoms with Crippen LogP contribution in [-0.4, -0.2) is 41.8 Å². The molecule has 164 valence electrons. The third-order valence-corrected chi connectivity index (χ3v) is 5.53. The first-order valence-electron chi connectivity index (χ1n) is 9.59. The van der Waals surface area contributed by atoms with E-state index in [1.165, 1.54) is 17.0 Å². The van der Waals surface area contributed by atoms with Crippen LogP contribution in [0.25, 0.3) is 0 Å². The zero-order valence-corrected chi connectivity index (χ0v) is 16.2. The molecule has 2 heterocycles. The van der Waals surface area contributed by atoms with Crippen LogP contribution in [0, 0.1) is 0 Å². The van der Waals surface area contributed by atoms with Gasteiger partial charge in [0, 0.05) is 30.8 Å². The van der Waals surface area contributed by atoms with Crippen molar-refractivity contribution < 1.29 is 32.6 Å². The molecule has 4 rings (SSSR count). The van der Waals surface area contributed by atoms with E-state index >= 15 is 0 Å². The molecule has 0 radical (unpaired) electrons. The maximum absolute atomic E-state index is 12.6. The van der Waals surface area contributed by atoms with E-state index in [1.54, 1.807) is 24.3 Å². The highest BCUT2D eigenvalue weighted by molar-refractivity contribution is 5.99. The van der Waals surface area contributed by atoms with Gasteiger partial charge in [-0.25, -0.2) is 4.79 Å². The van der Waals surface area contributed by atoms with E-state index in [-0.39, 0.29) is 18.3 Å². The smallest absolute Gasteiger partial charge is 0.416 e. The van der Waals surface area contributed by atoms with Crippen LogP contribution in [-0.2, 0) is 17.3 Å². The lowest BCUT2D eigenvalue weighted by atomic mass is 9.93. The molecule has 2 saturated heterocycles. The van der Waals surface area contributed by atoms with Crippen molar-refractivity contribution in [1.29, 1.82) is 0 Å². The molecular weight excluding hydrogens is 415 g/mol. The first-order chi connectivity index (χ1) is 14.6. The van der Waals surface area contributed by atoms with Crippen molar-refractivity contribution in [2.75, 3.05) is 23.8 Å². The average Bonchev–Trinajstić information content (AvgIpc) is 3.27. The number of carbonyl (C=O) groups is 2. The quantitative estimate of drug-likeness (QED) is 0.774. The Morgan fingerprint density at radius 3 is 2.16 bits per heavy atom. The summed E-state index contributed by atoms with van der Waals surface area (Å²) in [7, 11) is 0. The monoisotopic (exact) mass is 434 g/mol. The van der Waals surface area contributed by atoms with Crippen LogP contribution in [0.3, 0.4) is 0 Å². The molecule has 0 spiro atoms. The van der Waals surface area contributed by atoms with Crippen LogP contribution >= 0.6 is 0 Å². The van der Waals surface area contributed by atoms with Crippen LogP contribution in [0.4, 0.5) is 34.1 Å². The number of fused-ring (bicyclic) bond motifs is 2. The van der Waals surface area contributed by atoms with Gasteiger partial charge in [0.2, 0.25) is 0 Å². The summed E-state index contributed by atoms with van der Waals surface area (Å²) in [6.07, 6.45) is -4.47. The molecule has 2 fully saturated rings. The Kier molecular flexibility index (Phi) is 5.26. The Hall–Kier alpha value is -3.27. The summed E-state index contributed by atoms with van der Waals surface area (Å²) in [6.45, 7) is 0.632. The Morgan fingerprint density at radius 1 is 1.06 bits per heavy atom. The summed E-state index contributed by atoms with van der Waals surface area (Å²) in [4.78, 5) is 24.6. The third-order valence-electron chi connectivity index (χ3n) is 5.53. The topological polar surface area (TPSA) is 93.7 Å². The van der Waals surface area contributed by atoms with E-state index in [0.717, 1.165) is 17.7 Å². The molecule has 7 nitrogen and oxygen atoms in total. The second-order valence-corrected chi connectivity index (χ2v) is 7.77. The summed E-state index contributed by atoms with van der Waals surface area (Å²) in [5.41, 5.74) is 0.303. The second kappa shape index (κ2) is 7.77. The highest BCUT2D eigenvalue weighted by Crippen LogP contribution is 2.39. The largest absolute Gasteiger partial charge is 0.530 e. The van der Waals surface area contributed by atoms with Crippen molar-refractivity contribution >= 4 is 23.5 Å². The molecule has 31 heavy (non-hydrogen) atoms. The van der Waals surface area contributed by atoms with Crippen LogP contribution in [0.1, 0.15) is 17.5 Å². The summed E-state index contributed by atoms with van der Waals surface area (Å²) in [5, 5.41) is 16.3. The second-order valence-electron chi connectivity index (χ2n) is 7.77. The zero-order valence-electron chi connectivity index (χ0n) is 16.2. The number of ether oxygens (including phenoxy) is 1. The minimum atomic E-state index is -4.44. The lowest BCUT2D eigenvalue weighted by Gasteiger charge is -2.34. The van der Waals surface area contributed by atoms with Crippen molar-refractivity contribution in [2.45, 2.75) is 30.7 Å². The van der Waals surface area contributed by atoms with E-state index in [4.69, 9.17) is 4.74 Å². The molecule has 2 aromatic rings. The van der Waals surface area contributed by atoms with Gasteiger partial charge in [0.25, 0.3) is 0 Å².